The molecule has 0 aliphatic rings. The van der Waals surface area contributed by atoms with Gasteiger partial charge in [0.05, 0.1) is 5.41 Å². The molecule has 0 saturated heterocycles. The Kier molecular flexibility index (Phi) is 7.61. The number of rotatable bonds is 9. The second-order valence-electron chi connectivity index (χ2n) is 6.08. The molecule has 0 saturated carbocycles. The molecular formula is C19H28N2O4. The van der Waals surface area contributed by atoms with Crippen molar-refractivity contribution >= 4 is 23.5 Å². The van der Waals surface area contributed by atoms with Crippen LogP contribution < -0.4 is 5.32 Å². The molecule has 0 aromatic heterocycles. The highest BCUT2D eigenvalue weighted by atomic mass is 16.4. The van der Waals surface area contributed by atoms with E-state index in [2.05, 4.69) is 5.32 Å². The topological polar surface area (TPSA) is 86.7 Å². The van der Waals surface area contributed by atoms with Gasteiger partial charge in [-0.05, 0) is 44.9 Å². The Balaban J connectivity index is 2.90. The minimum atomic E-state index is -1.06. The average Bonchev–Trinajstić information content (AvgIpc) is 2.60. The number of carboxylic acids is 1. The van der Waals surface area contributed by atoms with Crippen LogP contribution in [0.4, 0.5) is 5.69 Å². The summed E-state index contributed by atoms with van der Waals surface area (Å²) in [5, 5.41) is 12.2. The first kappa shape index (κ1) is 20.7. The first-order valence-electron chi connectivity index (χ1n) is 8.76. The van der Waals surface area contributed by atoms with Crippen LogP contribution >= 0.6 is 0 Å². The number of nitrogens with one attached hydrogen (secondary N) is 1. The van der Waals surface area contributed by atoms with Gasteiger partial charge in [-0.1, -0.05) is 19.9 Å². The molecule has 0 unspecified atom stereocenters. The van der Waals surface area contributed by atoms with Crippen molar-refractivity contribution in [3.05, 3.63) is 29.8 Å². The summed E-state index contributed by atoms with van der Waals surface area (Å²) in [4.78, 5) is 37.9. The van der Waals surface area contributed by atoms with Gasteiger partial charge in [0.25, 0.3) is 5.91 Å². The molecule has 0 bridgehead atoms. The van der Waals surface area contributed by atoms with Crippen molar-refractivity contribution < 1.29 is 19.5 Å². The van der Waals surface area contributed by atoms with E-state index in [9.17, 15) is 19.5 Å². The van der Waals surface area contributed by atoms with Gasteiger partial charge in [0, 0.05) is 30.8 Å². The van der Waals surface area contributed by atoms with Crippen LogP contribution in [0.5, 0.6) is 0 Å². The highest BCUT2D eigenvalue weighted by molar-refractivity contribution is 5.98. The van der Waals surface area contributed by atoms with E-state index in [-0.39, 0.29) is 18.2 Å². The Morgan fingerprint density at radius 3 is 2.16 bits per heavy atom. The standard InChI is InChI=1S/C19H28N2O4/c1-5-19(6-2,18(24)25)13-16(22)20-15-11-9-10-14(12-15)17(23)21(7-3)8-4/h9-12H,5-8,13H2,1-4H3,(H,20,22)(H,24,25). The normalized spacial score (nSPS) is 11.0. The van der Waals surface area contributed by atoms with Crippen molar-refractivity contribution in [2.45, 2.75) is 47.0 Å². The summed E-state index contributed by atoms with van der Waals surface area (Å²) in [5.74, 6) is -1.42. The van der Waals surface area contributed by atoms with Gasteiger partial charge >= 0.3 is 5.97 Å². The molecule has 1 aromatic rings. The van der Waals surface area contributed by atoms with Crippen LogP contribution in [0.1, 0.15) is 57.3 Å². The number of aliphatic carboxylic acids is 1. The number of anilines is 1. The minimum Gasteiger partial charge on any atom is -0.481 e. The van der Waals surface area contributed by atoms with Crippen LogP contribution in [0.2, 0.25) is 0 Å². The van der Waals surface area contributed by atoms with Crippen LogP contribution in [0.15, 0.2) is 24.3 Å². The fraction of sp³-hybridized carbons (Fsp3) is 0.526. The summed E-state index contributed by atoms with van der Waals surface area (Å²) in [6.07, 6.45) is 0.670. The van der Waals surface area contributed by atoms with Crippen LogP contribution in [0.3, 0.4) is 0 Å². The SMILES string of the molecule is CCN(CC)C(=O)c1cccc(NC(=O)CC(CC)(CC)C(=O)O)c1. The summed E-state index contributed by atoms with van der Waals surface area (Å²) >= 11 is 0. The first-order valence-corrected chi connectivity index (χ1v) is 8.76. The van der Waals surface area contributed by atoms with Gasteiger partial charge < -0.3 is 15.3 Å². The maximum Gasteiger partial charge on any atom is 0.310 e. The maximum absolute atomic E-state index is 12.4. The van der Waals surface area contributed by atoms with Crippen molar-refractivity contribution in [3.8, 4) is 0 Å². The third-order valence-corrected chi connectivity index (χ3v) is 4.75. The number of carbonyl (C=O) groups is 3. The fourth-order valence-corrected chi connectivity index (χ4v) is 2.81. The van der Waals surface area contributed by atoms with Crippen LogP contribution in [-0.4, -0.2) is 40.9 Å². The molecule has 0 aliphatic carbocycles. The second-order valence-corrected chi connectivity index (χ2v) is 6.08. The molecule has 6 nitrogen and oxygen atoms in total. The molecular weight excluding hydrogens is 320 g/mol. The Morgan fingerprint density at radius 1 is 1.08 bits per heavy atom. The maximum atomic E-state index is 12.4. The lowest BCUT2D eigenvalue weighted by Gasteiger charge is -2.25. The van der Waals surface area contributed by atoms with Crippen molar-refractivity contribution in [2.24, 2.45) is 5.41 Å². The molecule has 0 fully saturated rings. The summed E-state index contributed by atoms with van der Waals surface area (Å²) < 4.78 is 0. The van der Waals surface area contributed by atoms with Gasteiger partial charge in [0.2, 0.25) is 5.91 Å². The lowest BCUT2D eigenvalue weighted by atomic mass is 9.79. The van der Waals surface area contributed by atoms with Crippen molar-refractivity contribution in [2.75, 3.05) is 18.4 Å². The lowest BCUT2D eigenvalue weighted by Crippen LogP contribution is -2.34. The number of amides is 2. The quantitative estimate of drug-likeness (QED) is 0.716. The van der Waals surface area contributed by atoms with E-state index in [4.69, 9.17) is 0 Å². The molecule has 2 amide bonds. The number of nitrogens with zero attached hydrogens (tertiary/aromatic N) is 1. The number of hydrogen-bond acceptors (Lipinski definition) is 3. The second kappa shape index (κ2) is 9.20. The molecule has 0 spiro atoms. The Bertz CT molecular complexity index is 620. The van der Waals surface area contributed by atoms with E-state index < -0.39 is 11.4 Å². The van der Waals surface area contributed by atoms with Crippen molar-refractivity contribution in [3.63, 3.8) is 0 Å². The molecule has 6 heteroatoms. The van der Waals surface area contributed by atoms with Gasteiger partial charge in [-0.3, -0.25) is 14.4 Å². The smallest absolute Gasteiger partial charge is 0.310 e. The summed E-state index contributed by atoms with van der Waals surface area (Å²) in [5.41, 5.74) is -0.0647. The van der Waals surface area contributed by atoms with Crippen LogP contribution in [0, 0.1) is 5.41 Å². The van der Waals surface area contributed by atoms with Crippen LogP contribution in [-0.2, 0) is 9.59 Å². The zero-order valence-corrected chi connectivity index (χ0v) is 15.5. The third-order valence-electron chi connectivity index (χ3n) is 4.75. The molecule has 138 valence electrons. The minimum absolute atomic E-state index is 0.0937. The summed E-state index contributed by atoms with van der Waals surface area (Å²) in [7, 11) is 0. The molecule has 1 rings (SSSR count). The number of carbonyl (C=O) groups excluding carboxylic acids is 2. The molecule has 0 atom stereocenters. The Morgan fingerprint density at radius 2 is 1.68 bits per heavy atom. The van der Waals surface area contributed by atoms with Gasteiger partial charge in [-0.25, -0.2) is 0 Å². The van der Waals surface area contributed by atoms with E-state index in [1.165, 1.54) is 0 Å². The zero-order chi connectivity index (χ0) is 19.0. The van der Waals surface area contributed by atoms with Gasteiger partial charge in [0.1, 0.15) is 0 Å². The number of carboxylic acid groups (broad SMARTS) is 1. The Hall–Kier alpha value is -2.37. The average molecular weight is 348 g/mol. The molecule has 1 aromatic carbocycles. The molecule has 2 N–H and O–H groups in total. The highest BCUT2D eigenvalue weighted by Crippen LogP contribution is 2.31. The number of hydrogen-bond donors (Lipinski definition) is 2. The van der Waals surface area contributed by atoms with E-state index in [1.54, 1.807) is 43.0 Å². The van der Waals surface area contributed by atoms with Crippen LogP contribution in [0.25, 0.3) is 0 Å². The van der Waals surface area contributed by atoms with Crippen molar-refractivity contribution in [1.29, 1.82) is 0 Å². The lowest BCUT2D eigenvalue weighted by molar-refractivity contribution is -0.151. The fourth-order valence-electron chi connectivity index (χ4n) is 2.81. The highest BCUT2D eigenvalue weighted by Gasteiger charge is 2.37. The van der Waals surface area contributed by atoms with Crippen molar-refractivity contribution in [1.82, 2.24) is 4.90 Å². The zero-order valence-electron chi connectivity index (χ0n) is 15.5. The molecule has 0 heterocycles. The van der Waals surface area contributed by atoms with Gasteiger partial charge in [-0.15, -0.1) is 0 Å². The largest absolute Gasteiger partial charge is 0.481 e. The summed E-state index contributed by atoms with van der Waals surface area (Å²) in [6, 6.07) is 6.72. The van der Waals surface area contributed by atoms with Gasteiger partial charge in [-0.2, -0.15) is 0 Å². The monoisotopic (exact) mass is 348 g/mol. The van der Waals surface area contributed by atoms with E-state index in [0.717, 1.165) is 0 Å². The third kappa shape index (κ3) is 5.05. The molecule has 0 aliphatic heterocycles. The Labute approximate surface area is 149 Å². The van der Waals surface area contributed by atoms with E-state index >= 15 is 0 Å². The van der Waals surface area contributed by atoms with E-state index in [1.807, 2.05) is 13.8 Å². The predicted molar refractivity (Wildman–Crippen MR) is 97.6 cm³/mol. The van der Waals surface area contributed by atoms with Gasteiger partial charge in [0.15, 0.2) is 0 Å². The number of benzene rings is 1. The molecule has 25 heavy (non-hydrogen) atoms. The summed E-state index contributed by atoms with van der Waals surface area (Å²) in [6.45, 7) is 8.59. The molecule has 0 radical (unpaired) electrons. The predicted octanol–water partition coefficient (Wildman–Crippen LogP) is 3.39. The van der Waals surface area contributed by atoms with E-state index in [0.29, 0.717) is 37.2 Å². The first-order chi connectivity index (χ1) is 11.8.